The van der Waals surface area contributed by atoms with Crippen LogP contribution in [0.1, 0.15) is 25.3 Å². The Morgan fingerprint density at radius 3 is 2.93 bits per heavy atom. The molecule has 0 radical (unpaired) electrons. The number of nitrogens with one attached hydrogen (secondary N) is 4. The van der Waals surface area contributed by atoms with Crippen molar-refractivity contribution in [1.82, 2.24) is 20.6 Å². The number of aromatic amines is 2. The number of amides is 1. The zero-order valence-corrected chi connectivity index (χ0v) is 16.1. The van der Waals surface area contributed by atoms with E-state index < -0.39 is 11.2 Å². The lowest BCUT2D eigenvalue weighted by molar-refractivity contribution is -0.120. The molecular weight excluding hydrogens is 420 g/mol. The molecule has 11 heteroatoms. The van der Waals surface area contributed by atoms with Gasteiger partial charge in [-0.2, -0.15) is 5.10 Å². The molecule has 10 nitrogen and oxygen atoms in total. The summed E-state index contributed by atoms with van der Waals surface area (Å²) in [7, 11) is 0. The molecule has 1 heterocycles. The molecular formula is C16H19BrN6O4. The fourth-order valence-corrected chi connectivity index (χ4v) is 2.43. The van der Waals surface area contributed by atoms with Crippen LogP contribution in [0.15, 0.2) is 37.4 Å². The zero-order chi connectivity index (χ0) is 19.6. The molecule has 0 aliphatic carbocycles. The molecule has 27 heavy (non-hydrogen) atoms. The first kappa shape index (κ1) is 20.4. The van der Waals surface area contributed by atoms with E-state index >= 15 is 0 Å². The lowest BCUT2D eigenvalue weighted by Gasteiger charge is -2.07. The van der Waals surface area contributed by atoms with Crippen molar-refractivity contribution in [3.63, 3.8) is 0 Å². The number of H-pyrrole nitrogens is 2. The van der Waals surface area contributed by atoms with E-state index in [1.165, 1.54) is 6.21 Å². The molecule has 0 fully saturated rings. The van der Waals surface area contributed by atoms with E-state index in [1.54, 1.807) is 0 Å². The number of ether oxygens (including phenoxy) is 1. The van der Waals surface area contributed by atoms with Gasteiger partial charge in [0.25, 0.3) is 5.56 Å². The Labute approximate surface area is 162 Å². The Morgan fingerprint density at radius 2 is 2.22 bits per heavy atom. The number of hydrazone groups is 1. The maximum atomic E-state index is 11.7. The van der Waals surface area contributed by atoms with Crippen LogP contribution in [0.5, 0.6) is 5.75 Å². The molecule has 0 bridgehead atoms. The number of hydrogen-bond acceptors (Lipinski definition) is 7. The van der Waals surface area contributed by atoms with Crippen molar-refractivity contribution in [2.24, 2.45) is 5.10 Å². The number of nitrogens with zero attached hydrogens (tertiary/aromatic N) is 2. The first-order valence-corrected chi connectivity index (χ1v) is 8.96. The Kier molecular flexibility index (Phi) is 7.74. The van der Waals surface area contributed by atoms with E-state index in [-0.39, 0.29) is 24.7 Å². The fraction of sp³-hybridized carbons (Fsp3) is 0.312. The van der Waals surface area contributed by atoms with Gasteiger partial charge in [0.2, 0.25) is 11.7 Å². The number of rotatable bonds is 9. The standard InChI is InChI=1S/C16H19BrN6O4/c1-2-7-27-12-4-3-10(8-11(12)17)9-19-21-13(24)5-6-18-14-15(25)20-16(26)23-22-14/h3-4,8-9H,2,5-7H2,1H3,(H,18,22)(H,21,24)(H2,20,23,25,26)/b19-9+. The van der Waals surface area contributed by atoms with Crippen molar-refractivity contribution in [2.75, 3.05) is 18.5 Å². The minimum absolute atomic E-state index is 0.0606. The van der Waals surface area contributed by atoms with E-state index in [2.05, 4.69) is 42.0 Å². The molecule has 0 aliphatic heterocycles. The molecule has 2 aromatic rings. The van der Waals surface area contributed by atoms with Crippen LogP contribution in [0.4, 0.5) is 5.82 Å². The average molecular weight is 439 g/mol. The topological polar surface area (TPSA) is 141 Å². The second-order valence-electron chi connectivity index (χ2n) is 5.36. The maximum absolute atomic E-state index is 11.7. The molecule has 1 amide bonds. The number of carbonyl (C=O) groups excluding carboxylic acids is 1. The van der Waals surface area contributed by atoms with Crippen LogP contribution < -0.4 is 26.7 Å². The monoisotopic (exact) mass is 438 g/mol. The van der Waals surface area contributed by atoms with Crippen LogP contribution in [-0.4, -0.2) is 40.5 Å². The number of anilines is 1. The molecule has 0 saturated carbocycles. The van der Waals surface area contributed by atoms with Crippen LogP contribution >= 0.6 is 15.9 Å². The molecule has 0 unspecified atom stereocenters. The predicted molar refractivity (Wildman–Crippen MR) is 104 cm³/mol. The Bertz CT molecular complexity index is 924. The number of aromatic nitrogens is 3. The number of benzene rings is 1. The zero-order valence-electron chi connectivity index (χ0n) is 14.5. The molecule has 2 rings (SSSR count). The van der Waals surface area contributed by atoms with Crippen LogP contribution in [0, 0.1) is 0 Å². The molecule has 0 spiro atoms. The minimum atomic E-state index is -0.700. The van der Waals surface area contributed by atoms with Crippen molar-refractivity contribution < 1.29 is 9.53 Å². The third kappa shape index (κ3) is 6.70. The van der Waals surface area contributed by atoms with E-state index in [1.807, 2.05) is 30.1 Å². The third-order valence-electron chi connectivity index (χ3n) is 3.18. The lowest BCUT2D eigenvalue weighted by atomic mass is 10.2. The normalized spacial score (nSPS) is 10.7. The average Bonchev–Trinajstić information content (AvgIpc) is 2.63. The van der Waals surface area contributed by atoms with Crippen LogP contribution in [-0.2, 0) is 4.79 Å². The summed E-state index contributed by atoms with van der Waals surface area (Å²) < 4.78 is 6.36. The Balaban J connectivity index is 1.78. The molecule has 144 valence electrons. The van der Waals surface area contributed by atoms with Gasteiger partial charge in [-0.25, -0.2) is 15.3 Å². The third-order valence-corrected chi connectivity index (χ3v) is 3.80. The Hall–Kier alpha value is -2.95. The fourth-order valence-electron chi connectivity index (χ4n) is 1.92. The van der Waals surface area contributed by atoms with Crippen molar-refractivity contribution >= 4 is 33.9 Å². The van der Waals surface area contributed by atoms with Gasteiger partial charge in [0.1, 0.15) is 5.75 Å². The molecule has 0 saturated heterocycles. The quantitative estimate of drug-likeness (QED) is 0.339. The Morgan fingerprint density at radius 1 is 1.41 bits per heavy atom. The summed E-state index contributed by atoms with van der Waals surface area (Å²) in [6, 6.07) is 5.47. The van der Waals surface area contributed by atoms with E-state index in [9.17, 15) is 14.4 Å². The maximum Gasteiger partial charge on any atom is 0.342 e. The van der Waals surface area contributed by atoms with Gasteiger partial charge in [-0.15, -0.1) is 5.10 Å². The van der Waals surface area contributed by atoms with Gasteiger partial charge in [-0.05, 0) is 46.1 Å². The summed E-state index contributed by atoms with van der Waals surface area (Å²) in [5.74, 6) is 0.331. The van der Waals surface area contributed by atoms with Crippen LogP contribution in [0.3, 0.4) is 0 Å². The highest BCUT2D eigenvalue weighted by Gasteiger charge is 2.04. The molecule has 1 aromatic heterocycles. The van der Waals surface area contributed by atoms with Gasteiger partial charge in [0, 0.05) is 13.0 Å². The first-order chi connectivity index (χ1) is 13.0. The minimum Gasteiger partial charge on any atom is -0.492 e. The molecule has 0 aliphatic rings. The van der Waals surface area contributed by atoms with Crippen LogP contribution in [0.2, 0.25) is 0 Å². The highest BCUT2D eigenvalue weighted by Crippen LogP contribution is 2.25. The van der Waals surface area contributed by atoms with Crippen molar-refractivity contribution in [1.29, 1.82) is 0 Å². The largest absolute Gasteiger partial charge is 0.492 e. The molecule has 4 N–H and O–H groups in total. The van der Waals surface area contributed by atoms with Gasteiger partial charge in [0.05, 0.1) is 17.3 Å². The summed E-state index contributed by atoms with van der Waals surface area (Å²) in [6.07, 6.45) is 2.49. The first-order valence-electron chi connectivity index (χ1n) is 8.16. The van der Waals surface area contributed by atoms with Crippen molar-refractivity contribution in [2.45, 2.75) is 19.8 Å². The van der Waals surface area contributed by atoms with E-state index in [4.69, 9.17) is 4.74 Å². The SMILES string of the molecule is CCCOc1ccc(/C=N/NC(=O)CCNc2n[nH]c(=O)[nH]c2=O)cc1Br. The summed E-state index contributed by atoms with van der Waals surface area (Å²) >= 11 is 3.43. The predicted octanol–water partition coefficient (Wildman–Crippen LogP) is 0.962. The van der Waals surface area contributed by atoms with Gasteiger partial charge in [-0.3, -0.25) is 14.6 Å². The van der Waals surface area contributed by atoms with E-state index in [0.717, 1.165) is 22.2 Å². The number of carbonyl (C=O) groups is 1. The smallest absolute Gasteiger partial charge is 0.342 e. The lowest BCUT2D eigenvalue weighted by Crippen LogP contribution is -2.28. The summed E-state index contributed by atoms with van der Waals surface area (Å²) in [4.78, 5) is 36.0. The van der Waals surface area contributed by atoms with Gasteiger partial charge < -0.3 is 10.1 Å². The van der Waals surface area contributed by atoms with Gasteiger partial charge >= 0.3 is 5.69 Å². The van der Waals surface area contributed by atoms with Gasteiger partial charge in [-0.1, -0.05) is 6.92 Å². The second kappa shape index (κ2) is 10.3. The highest BCUT2D eigenvalue weighted by molar-refractivity contribution is 9.10. The van der Waals surface area contributed by atoms with Crippen molar-refractivity contribution in [3.8, 4) is 5.75 Å². The number of halogens is 1. The summed E-state index contributed by atoms with van der Waals surface area (Å²) in [6.45, 7) is 2.82. The van der Waals surface area contributed by atoms with Crippen molar-refractivity contribution in [3.05, 3.63) is 49.1 Å². The summed E-state index contributed by atoms with van der Waals surface area (Å²) in [5, 5.41) is 12.2. The molecule has 1 aromatic carbocycles. The molecule has 0 atom stereocenters. The van der Waals surface area contributed by atoms with Crippen LogP contribution in [0.25, 0.3) is 0 Å². The van der Waals surface area contributed by atoms with Gasteiger partial charge in [0.15, 0.2) is 0 Å². The highest BCUT2D eigenvalue weighted by atomic mass is 79.9. The van der Waals surface area contributed by atoms with E-state index in [0.29, 0.717) is 6.61 Å². The summed E-state index contributed by atoms with van der Waals surface area (Å²) in [5.41, 5.74) is 1.82. The second-order valence-corrected chi connectivity index (χ2v) is 6.22. The number of hydrogen-bond donors (Lipinski definition) is 4.